The Morgan fingerprint density at radius 2 is 1.84 bits per heavy atom. The second-order valence-electron chi connectivity index (χ2n) is 9.44. The number of alkyl carbamates (subject to hydrolysis) is 1. The molecular weight excluding hydrogens is 582 g/mol. The fourth-order valence-corrected chi connectivity index (χ4v) is 5.11. The lowest BCUT2D eigenvalue weighted by Gasteiger charge is -2.34. The summed E-state index contributed by atoms with van der Waals surface area (Å²) in [7, 11) is 0. The smallest absolute Gasteiger partial charge is 0.408 e. The Bertz CT molecular complexity index is 1440. The van der Waals surface area contributed by atoms with Gasteiger partial charge in [-0.25, -0.2) is 9.59 Å². The molecule has 38 heavy (non-hydrogen) atoms. The first-order chi connectivity index (χ1) is 17.9. The molecule has 1 aliphatic heterocycles. The molecule has 15 heteroatoms. The molecule has 2 aromatic heterocycles. The summed E-state index contributed by atoms with van der Waals surface area (Å²) in [5.74, 6) is 0.0864. The van der Waals surface area contributed by atoms with Crippen LogP contribution in [0.2, 0.25) is 0 Å². The first-order valence-corrected chi connectivity index (χ1v) is 13.2. The van der Waals surface area contributed by atoms with Gasteiger partial charge in [-0.1, -0.05) is 27.3 Å². The molecule has 4 rings (SSSR count). The fraction of sp³-hybridized carbons (Fsp3) is 0.391. The minimum atomic E-state index is -0.976. The molecule has 0 spiro atoms. The van der Waals surface area contributed by atoms with Gasteiger partial charge in [0.25, 0.3) is 5.56 Å². The van der Waals surface area contributed by atoms with Gasteiger partial charge in [0, 0.05) is 48.0 Å². The van der Waals surface area contributed by atoms with E-state index in [2.05, 4.69) is 36.6 Å². The van der Waals surface area contributed by atoms with Crippen LogP contribution in [0.5, 0.6) is 0 Å². The highest BCUT2D eigenvalue weighted by Crippen LogP contribution is 2.31. The van der Waals surface area contributed by atoms with Gasteiger partial charge in [0.15, 0.2) is 0 Å². The van der Waals surface area contributed by atoms with Gasteiger partial charge >= 0.3 is 12.2 Å². The molecule has 202 valence electrons. The maximum atomic E-state index is 12.4. The minimum Gasteiger partial charge on any atom is -0.465 e. The number of nitrogens with one attached hydrogen (secondary N) is 2. The molecule has 1 aliphatic rings. The van der Waals surface area contributed by atoms with Crippen LogP contribution in [0.1, 0.15) is 20.8 Å². The monoisotopic (exact) mass is 607 g/mol. The van der Waals surface area contributed by atoms with Crippen molar-refractivity contribution in [1.82, 2.24) is 24.8 Å². The molecule has 0 bridgehead atoms. The largest absolute Gasteiger partial charge is 0.465 e. The van der Waals surface area contributed by atoms with E-state index in [0.29, 0.717) is 57.7 Å². The average Bonchev–Trinajstić information content (AvgIpc) is 3.25. The molecule has 0 unspecified atom stereocenters. The van der Waals surface area contributed by atoms with Crippen LogP contribution in [0.25, 0.3) is 15.5 Å². The lowest BCUT2D eigenvalue weighted by atomic mass is 10.2. The number of carboxylic acid groups (broad SMARTS) is 1. The molecule has 3 N–H and O–H groups in total. The van der Waals surface area contributed by atoms with Crippen LogP contribution >= 0.6 is 27.3 Å². The third-order valence-electron chi connectivity index (χ3n) is 5.33. The molecule has 13 nitrogen and oxygen atoms in total. The van der Waals surface area contributed by atoms with E-state index in [1.54, 1.807) is 37.4 Å². The van der Waals surface area contributed by atoms with Gasteiger partial charge in [-0.2, -0.15) is 14.6 Å². The van der Waals surface area contributed by atoms with E-state index in [4.69, 9.17) is 4.74 Å². The third-order valence-corrected chi connectivity index (χ3v) is 6.75. The van der Waals surface area contributed by atoms with Crippen molar-refractivity contribution in [2.75, 3.05) is 42.9 Å². The van der Waals surface area contributed by atoms with Crippen LogP contribution in [0.15, 0.2) is 33.5 Å². The number of hydrogen-bond acceptors (Lipinski definition) is 9. The van der Waals surface area contributed by atoms with Gasteiger partial charge in [0.05, 0.1) is 0 Å². The van der Waals surface area contributed by atoms with Crippen molar-refractivity contribution in [2.45, 2.75) is 26.4 Å². The zero-order chi connectivity index (χ0) is 27.6. The van der Waals surface area contributed by atoms with Gasteiger partial charge in [0.2, 0.25) is 10.9 Å². The van der Waals surface area contributed by atoms with Crippen molar-refractivity contribution in [3.05, 3.63) is 39.1 Å². The summed E-state index contributed by atoms with van der Waals surface area (Å²) in [4.78, 5) is 55.5. The lowest BCUT2D eigenvalue weighted by molar-refractivity contribution is -0.115. The fourth-order valence-electron chi connectivity index (χ4n) is 3.73. The maximum Gasteiger partial charge on any atom is 0.408 e. The van der Waals surface area contributed by atoms with E-state index in [1.165, 1.54) is 22.3 Å². The Morgan fingerprint density at radius 3 is 2.50 bits per heavy atom. The Balaban J connectivity index is 1.53. The summed E-state index contributed by atoms with van der Waals surface area (Å²) in [6.07, 6.45) is -1.67. The minimum absolute atomic E-state index is 0.275. The number of rotatable bonds is 5. The molecule has 3 heterocycles. The SMILES string of the molecule is CC(C)(C)OC(=O)NCC(=O)Nc1cc(Br)cc(-c2nn3c(N4CCN(C(=O)O)CC4)cc(=O)nc3s2)c1. The zero-order valence-electron chi connectivity index (χ0n) is 20.9. The number of piperazine rings is 1. The standard InChI is InChI=1S/C23H26BrN7O6S/c1-23(2,3)37-21(34)25-12-17(33)26-15-9-13(8-14(24)10-15)19-28-31-18(11-16(32)27-20(31)38-19)29-4-6-30(7-5-29)22(35)36/h8-11H,4-7,12H2,1-3H3,(H,25,34)(H,26,33)(H,35,36). The summed E-state index contributed by atoms with van der Waals surface area (Å²) in [5.41, 5.74) is 0.0377. The number of ether oxygens (including phenoxy) is 1. The molecule has 0 radical (unpaired) electrons. The second kappa shape index (κ2) is 10.9. The molecule has 0 atom stereocenters. The highest BCUT2D eigenvalue weighted by atomic mass is 79.9. The van der Waals surface area contributed by atoms with Crippen molar-refractivity contribution in [3.63, 3.8) is 0 Å². The quantitative estimate of drug-likeness (QED) is 0.396. The van der Waals surface area contributed by atoms with E-state index in [1.807, 2.05) is 11.0 Å². The van der Waals surface area contributed by atoms with Gasteiger partial charge < -0.3 is 30.3 Å². The number of amides is 3. The molecule has 1 fully saturated rings. The van der Waals surface area contributed by atoms with Gasteiger partial charge in [-0.15, -0.1) is 0 Å². The number of nitrogens with zero attached hydrogens (tertiary/aromatic N) is 5. The normalized spacial score (nSPS) is 13.9. The number of anilines is 2. The van der Waals surface area contributed by atoms with Gasteiger partial charge in [-0.05, 0) is 39.0 Å². The second-order valence-corrected chi connectivity index (χ2v) is 11.3. The van der Waals surface area contributed by atoms with Crippen molar-refractivity contribution in [1.29, 1.82) is 0 Å². The summed E-state index contributed by atoms with van der Waals surface area (Å²) in [5, 5.41) is 19.6. The number of carbonyl (C=O) groups excluding carboxylic acids is 2. The average molecular weight is 608 g/mol. The molecule has 1 saturated heterocycles. The van der Waals surface area contributed by atoms with Crippen LogP contribution in [-0.2, 0) is 9.53 Å². The van der Waals surface area contributed by atoms with Gasteiger partial charge in [0.1, 0.15) is 23.0 Å². The van der Waals surface area contributed by atoms with E-state index < -0.39 is 29.3 Å². The highest BCUT2D eigenvalue weighted by molar-refractivity contribution is 9.10. The van der Waals surface area contributed by atoms with Crippen molar-refractivity contribution in [2.24, 2.45) is 0 Å². The van der Waals surface area contributed by atoms with Crippen LogP contribution in [0.4, 0.5) is 21.1 Å². The first-order valence-electron chi connectivity index (χ1n) is 11.6. The van der Waals surface area contributed by atoms with E-state index >= 15 is 0 Å². The number of halogens is 1. The van der Waals surface area contributed by atoms with Crippen molar-refractivity contribution >= 4 is 61.8 Å². The Labute approximate surface area is 229 Å². The summed E-state index contributed by atoms with van der Waals surface area (Å²) >= 11 is 4.65. The Morgan fingerprint density at radius 1 is 1.13 bits per heavy atom. The maximum absolute atomic E-state index is 12.4. The van der Waals surface area contributed by atoms with Crippen LogP contribution in [0.3, 0.4) is 0 Å². The Kier molecular flexibility index (Phi) is 7.87. The van der Waals surface area contributed by atoms with Gasteiger partial charge in [-0.3, -0.25) is 9.59 Å². The topological polar surface area (TPSA) is 158 Å². The number of hydrogen-bond donors (Lipinski definition) is 3. The predicted molar refractivity (Wildman–Crippen MR) is 145 cm³/mol. The molecule has 0 saturated carbocycles. The molecule has 3 aromatic rings. The first kappa shape index (κ1) is 27.3. The van der Waals surface area contributed by atoms with Crippen LogP contribution < -0.4 is 21.1 Å². The van der Waals surface area contributed by atoms with E-state index in [9.17, 15) is 24.3 Å². The highest BCUT2D eigenvalue weighted by Gasteiger charge is 2.24. The Hall–Kier alpha value is -3.72. The number of carbonyl (C=O) groups is 3. The van der Waals surface area contributed by atoms with Crippen LogP contribution in [0, 0.1) is 0 Å². The van der Waals surface area contributed by atoms with Crippen molar-refractivity contribution in [3.8, 4) is 10.6 Å². The zero-order valence-corrected chi connectivity index (χ0v) is 23.3. The number of fused-ring (bicyclic) bond motifs is 1. The number of benzene rings is 1. The molecular formula is C23H26BrN7O6S. The molecule has 3 amide bonds. The summed E-state index contributed by atoms with van der Waals surface area (Å²) in [6.45, 7) is 6.35. The third kappa shape index (κ3) is 6.77. The van der Waals surface area contributed by atoms with E-state index in [-0.39, 0.29) is 6.54 Å². The summed E-state index contributed by atoms with van der Waals surface area (Å²) in [6, 6.07) is 6.63. The number of aromatic nitrogens is 3. The predicted octanol–water partition coefficient (Wildman–Crippen LogP) is 2.84. The lowest BCUT2D eigenvalue weighted by Crippen LogP contribution is -2.49. The molecule has 1 aromatic carbocycles. The van der Waals surface area contributed by atoms with Crippen LogP contribution in [-0.4, -0.2) is 81.0 Å². The van der Waals surface area contributed by atoms with Crippen molar-refractivity contribution < 1.29 is 24.2 Å². The summed E-state index contributed by atoms with van der Waals surface area (Å²) < 4.78 is 7.38. The van der Waals surface area contributed by atoms with E-state index in [0.717, 1.165) is 0 Å². The molecule has 0 aliphatic carbocycles.